The van der Waals surface area contributed by atoms with Crippen LogP contribution in [0.3, 0.4) is 0 Å². The minimum Gasteiger partial charge on any atom is -0.349 e. The van der Waals surface area contributed by atoms with Gasteiger partial charge in [0.2, 0.25) is 5.91 Å². The molecule has 1 aromatic heterocycles. The van der Waals surface area contributed by atoms with Crippen LogP contribution >= 0.6 is 0 Å². The van der Waals surface area contributed by atoms with E-state index in [1.807, 2.05) is 19.1 Å². The summed E-state index contributed by atoms with van der Waals surface area (Å²) in [5, 5.41) is 9.60. The molecule has 4 heteroatoms. The Morgan fingerprint density at radius 3 is 2.89 bits per heavy atom. The fourth-order valence-electron chi connectivity index (χ4n) is 2.03. The van der Waals surface area contributed by atoms with Crippen molar-refractivity contribution in [3.05, 3.63) is 53.3 Å². The number of amides is 1. The maximum atomic E-state index is 11.9. The zero-order valence-corrected chi connectivity index (χ0v) is 11.3. The molecule has 19 heavy (non-hydrogen) atoms. The third kappa shape index (κ3) is 3.68. The first-order chi connectivity index (χ1) is 9.16. The first-order valence-electron chi connectivity index (χ1n) is 6.49. The molecule has 2 N–H and O–H groups in total. The first-order valence-corrected chi connectivity index (χ1v) is 6.49. The molecule has 4 nitrogen and oxygen atoms in total. The van der Waals surface area contributed by atoms with E-state index in [0.717, 1.165) is 12.0 Å². The van der Waals surface area contributed by atoms with Crippen LogP contribution in [-0.4, -0.2) is 16.1 Å². The minimum absolute atomic E-state index is 0.0110. The van der Waals surface area contributed by atoms with Gasteiger partial charge in [0.05, 0.1) is 12.2 Å². The molecule has 0 bridgehead atoms. The summed E-state index contributed by atoms with van der Waals surface area (Å²) < 4.78 is 0. The average molecular weight is 257 g/mol. The number of nitrogens with zero attached hydrogens (tertiary/aromatic N) is 1. The normalized spacial score (nSPS) is 12.1. The lowest BCUT2D eigenvalue weighted by Crippen LogP contribution is -2.26. The Morgan fingerprint density at radius 1 is 1.42 bits per heavy atom. The lowest BCUT2D eigenvalue weighted by atomic mass is 10.0. The van der Waals surface area contributed by atoms with E-state index in [4.69, 9.17) is 0 Å². The van der Waals surface area contributed by atoms with E-state index < -0.39 is 0 Å². The van der Waals surface area contributed by atoms with Gasteiger partial charge in [-0.25, -0.2) is 0 Å². The van der Waals surface area contributed by atoms with Crippen molar-refractivity contribution in [2.75, 3.05) is 0 Å². The molecule has 100 valence electrons. The highest BCUT2D eigenvalue weighted by atomic mass is 16.1. The van der Waals surface area contributed by atoms with Gasteiger partial charge < -0.3 is 5.32 Å². The fraction of sp³-hybridized carbons (Fsp3) is 0.333. The summed E-state index contributed by atoms with van der Waals surface area (Å²) in [6.07, 6.45) is 4.81. The highest BCUT2D eigenvalue weighted by Crippen LogP contribution is 2.12. The molecule has 1 atom stereocenters. The van der Waals surface area contributed by atoms with E-state index in [1.165, 1.54) is 11.1 Å². The number of aryl methyl sites for hydroxylation is 2. The number of aromatic amines is 1. The van der Waals surface area contributed by atoms with E-state index >= 15 is 0 Å². The zero-order valence-electron chi connectivity index (χ0n) is 11.3. The van der Waals surface area contributed by atoms with Gasteiger partial charge in [-0.1, -0.05) is 24.3 Å². The summed E-state index contributed by atoms with van der Waals surface area (Å²) in [5.41, 5.74) is 3.45. The van der Waals surface area contributed by atoms with Crippen LogP contribution in [0.2, 0.25) is 0 Å². The Morgan fingerprint density at radius 2 is 2.21 bits per heavy atom. The van der Waals surface area contributed by atoms with Gasteiger partial charge in [0.1, 0.15) is 0 Å². The number of benzene rings is 1. The van der Waals surface area contributed by atoms with Crippen molar-refractivity contribution < 1.29 is 4.79 Å². The van der Waals surface area contributed by atoms with Crippen molar-refractivity contribution >= 4 is 5.91 Å². The molecule has 2 aromatic rings. The molecule has 0 fully saturated rings. The van der Waals surface area contributed by atoms with Crippen molar-refractivity contribution in [2.45, 2.75) is 32.7 Å². The molecule has 0 aliphatic carbocycles. The number of hydrogen-bond donors (Lipinski definition) is 2. The van der Waals surface area contributed by atoms with Crippen LogP contribution in [0.15, 0.2) is 36.7 Å². The van der Waals surface area contributed by atoms with Gasteiger partial charge >= 0.3 is 0 Å². The van der Waals surface area contributed by atoms with Gasteiger partial charge in [0.25, 0.3) is 0 Å². The topological polar surface area (TPSA) is 57.8 Å². The summed E-state index contributed by atoms with van der Waals surface area (Å²) >= 11 is 0. The van der Waals surface area contributed by atoms with E-state index in [1.54, 1.807) is 12.4 Å². The molecule has 0 saturated carbocycles. The zero-order chi connectivity index (χ0) is 13.7. The van der Waals surface area contributed by atoms with E-state index in [2.05, 4.69) is 34.6 Å². The van der Waals surface area contributed by atoms with Crippen molar-refractivity contribution in [2.24, 2.45) is 0 Å². The number of H-pyrrole nitrogens is 1. The Balaban J connectivity index is 1.84. The van der Waals surface area contributed by atoms with Crippen molar-refractivity contribution in [3.63, 3.8) is 0 Å². The quantitative estimate of drug-likeness (QED) is 0.864. The Labute approximate surface area is 113 Å². The van der Waals surface area contributed by atoms with Crippen LogP contribution in [0.4, 0.5) is 0 Å². The third-order valence-electron chi connectivity index (χ3n) is 3.28. The molecule has 0 radical (unpaired) electrons. The number of carbonyl (C=O) groups excluding carboxylic acids is 1. The number of rotatable bonds is 5. The van der Waals surface area contributed by atoms with Gasteiger partial charge in [0, 0.05) is 18.2 Å². The maximum absolute atomic E-state index is 11.9. The molecule has 1 unspecified atom stereocenters. The van der Waals surface area contributed by atoms with Crippen molar-refractivity contribution in [1.29, 1.82) is 0 Å². The number of nitrogens with one attached hydrogen (secondary N) is 2. The van der Waals surface area contributed by atoms with E-state index in [-0.39, 0.29) is 11.9 Å². The van der Waals surface area contributed by atoms with Crippen LogP contribution < -0.4 is 5.32 Å². The lowest BCUT2D eigenvalue weighted by molar-refractivity contribution is -0.121. The van der Waals surface area contributed by atoms with Crippen LogP contribution in [-0.2, 0) is 11.2 Å². The Bertz CT molecular complexity index is 534. The highest BCUT2D eigenvalue weighted by molar-refractivity contribution is 5.76. The van der Waals surface area contributed by atoms with Crippen molar-refractivity contribution in [1.82, 2.24) is 15.5 Å². The van der Waals surface area contributed by atoms with Crippen molar-refractivity contribution in [3.8, 4) is 0 Å². The SMILES string of the molecule is Cc1ccccc1CCC(=O)NC(C)c1cn[nH]c1. The number of carbonyl (C=O) groups is 1. The Kier molecular flexibility index (Phi) is 4.34. The molecule has 1 heterocycles. The molecule has 1 aromatic carbocycles. The maximum Gasteiger partial charge on any atom is 0.220 e. The molecule has 0 aliphatic rings. The van der Waals surface area contributed by atoms with Crippen LogP contribution in [0.25, 0.3) is 0 Å². The summed E-state index contributed by atoms with van der Waals surface area (Å²) in [7, 11) is 0. The third-order valence-corrected chi connectivity index (χ3v) is 3.28. The summed E-state index contributed by atoms with van der Waals surface area (Å²) in [6.45, 7) is 4.03. The second-order valence-corrected chi connectivity index (χ2v) is 4.75. The second kappa shape index (κ2) is 6.18. The number of hydrogen-bond acceptors (Lipinski definition) is 2. The largest absolute Gasteiger partial charge is 0.349 e. The van der Waals surface area contributed by atoms with Crippen LogP contribution in [0.5, 0.6) is 0 Å². The summed E-state index contributed by atoms with van der Waals surface area (Å²) in [6, 6.07) is 8.15. The summed E-state index contributed by atoms with van der Waals surface area (Å²) in [5.74, 6) is 0.0666. The standard InChI is InChI=1S/C15H19N3O/c1-11-5-3-4-6-13(11)7-8-15(19)18-12(2)14-9-16-17-10-14/h3-6,9-10,12H,7-8H2,1-2H3,(H,16,17)(H,18,19). The van der Waals surface area contributed by atoms with E-state index in [0.29, 0.717) is 6.42 Å². The van der Waals surface area contributed by atoms with Gasteiger partial charge in [-0.05, 0) is 31.4 Å². The molecular formula is C15H19N3O. The molecule has 0 aliphatic heterocycles. The molecule has 1 amide bonds. The summed E-state index contributed by atoms with van der Waals surface area (Å²) in [4.78, 5) is 11.9. The minimum atomic E-state index is -0.0110. The van der Waals surface area contributed by atoms with Crippen LogP contribution in [0.1, 0.15) is 36.1 Å². The monoisotopic (exact) mass is 257 g/mol. The predicted octanol–water partition coefficient (Wildman–Crippen LogP) is 2.53. The smallest absolute Gasteiger partial charge is 0.220 e. The first kappa shape index (κ1) is 13.3. The van der Waals surface area contributed by atoms with Gasteiger partial charge in [0.15, 0.2) is 0 Å². The van der Waals surface area contributed by atoms with Crippen LogP contribution in [0, 0.1) is 6.92 Å². The van der Waals surface area contributed by atoms with E-state index in [9.17, 15) is 4.79 Å². The molecule has 0 saturated heterocycles. The lowest BCUT2D eigenvalue weighted by Gasteiger charge is -2.12. The molecular weight excluding hydrogens is 238 g/mol. The fourth-order valence-corrected chi connectivity index (χ4v) is 2.03. The van der Waals surface area contributed by atoms with Gasteiger partial charge in [-0.15, -0.1) is 0 Å². The van der Waals surface area contributed by atoms with Gasteiger partial charge in [-0.2, -0.15) is 5.10 Å². The highest BCUT2D eigenvalue weighted by Gasteiger charge is 2.10. The van der Waals surface area contributed by atoms with Gasteiger partial charge in [-0.3, -0.25) is 9.89 Å². The second-order valence-electron chi connectivity index (χ2n) is 4.75. The predicted molar refractivity (Wildman–Crippen MR) is 74.6 cm³/mol. The molecule has 0 spiro atoms. The Hall–Kier alpha value is -2.10. The molecule has 2 rings (SSSR count). The average Bonchev–Trinajstić information content (AvgIpc) is 2.91. The number of aromatic nitrogens is 2.